The first-order chi connectivity index (χ1) is 11.3. The Morgan fingerprint density at radius 1 is 1.22 bits per heavy atom. The van der Waals surface area contributed by atoms with E-state index in [2.05, 4.69) is 23.2 Å². The Balaban J connectivity index is 1.68. The highest BCUT2D eigenvalue weighted by molar-refractivity contribution is 5.83. The molecule has 116 valence electrons. The maximum atomic E-state index is 12.8. The van der Waals surface area contributed by atoms with Crippen LogP contribution in [0.4, 0.5) is 0 Å². The fourth-order valence-corrected chi connectivity index (χ4v) is 2.91. The van der Waals surface area contributed by atoms with E-state index in [0.29, 0.717) is 25.4 Å². The molecule has 0 unspecified atom stereocenters. The Kier molecular flexibility index (Phi) is 4.68. The van der Waals surface area contributed by atoms with Crippen molar-refractivity contribution in [1.82, 2.24) is 9.88 Å². The van der Waals surface area contributed by atoms with Crippen LogP contribution in [-0.4, -0.2) is 22.3 Å². The van der Waals surface area contributed by atoms with Crippen molar-refractivity contribution >= 4 is 5.91 Å². The number of nitrogens with zero attached hydrogens (tertiary/aromatic N) is 3. The lowest BCUT2D eigenvalue weighted by Crippen LogP contribution is -2.33. The van der Waals surface area contributed by atoms with Gasteiger partial charge in [-0.25, -0.2) is 0 Å². The summed E-state index contributed by atoms with van der Waals surface area (Å²) >= 11 is 0. The molecule has 4 heteroatoms. The highest BCUT2D eigenvalue weighted by Gasteiger charge is 2.45. The SMILES string of the molecule is N#CCCN(Cc1ccccn1)C(=O)[C@@H]1C[C@@H]1c1ccccc1. The third-order valence-electron chi connectivity index (χ3n) is 4.22. The number of benzene rings is 1. The molecule has 0 saturated heterocycles. The second-order valence-electron chi connectivity index (χ2n) is 5.85. The molecule has 1 fully saturated rings. The number of aromatic nitrogens is 1. The molecule has 0 N–H and O–H groups in total. The van der Waals surface area contributed by atoms with Crippen molar-refractivity contribution < 1.29 is 4.79 Å². The molecule has 1 saturated carbocycles. The molecule has 0 radical (unpaired) electrons. The Bertz CT molecular complexity index is 694. The van der Waals surface area contributed by atoms with Crippen LogP contribution in [0.3, 0.4) is 0 Å². The van der Waals surface area contributed by atoms with Gasteiger partial charge in [0.1, 0.15) is 0 Å². The van der Waals surface area contributed by atoms with Crippen molar-refractivity contribution in [2.75, 3.05) is 6.54 Å². The van der Waals surface area contributed by atoms with Crippen molar-refractivity contribution in [3.05, 3.63) is 66.0 Å². The van der Waals surface area contributed by atoms with E-state index in [9.17, 15) is 4.79 Å². The lowest BCUT2D eigenvalue weighted by atomic mass is 10.1. The second-order valence-corrected chi connectivity index (χ2v) is 5.85. The van der Waals surface area contributed by atoms with Gasteiger partial charge < -0.3 is 4.90 Å². The average Bonchev–Trinajstić information content (AvgIpc) is 3.40. The zero-order valence-corrected chi connectivity index (χ0v) is 12.9. The minimum atomic E-state index is 0.0415. The molecular formula is C19H19N3O. The summed E-state index contributed by atoms with van der Waals surface area (Å²) in [5, 5.41) is 8.84. The standard InChI is InChI=1S/C19H19N3O/c20-10-6-12-22(14-16-9-4-5-11-21-16)19(23)18-13-17(18)15-7-2-1-3-8-15/h1-5,7-9,11,17-18H,6,12-14H2/t17-,18-/m1/s1. The van der Waals surface area contributed by atoms with Crippen molar-refractivity contribution in [3.8, 4) is 6.07 Å². The number of rotatable bonds is 6. The van der Waals surface area contributed by atoms with Gasteiger partial charge in [-0.05, 0) is 30.0 Å². The summed E-state index contributed by atoms with van der Waals surface area (Å²) < 4.78 is 0. The topological polar surface area (TPSA) is 57.0 Å². The van der Waals surface area contributed by atoms with Gasteiger partial charge in [0.05, 0.1) is 24.7 Å². The Hall–Kier alpha value is -2.67. The summed E-state index contributed by atoms with van der Waals surface area (Å²) in [5.41, 5.74) is 2.08. The predicted molar refractivity (Wildman–Crippen MR) is 87.2 cm³/mol. The number of carbonyl (C=O) groups is 1. The van der Waals surface area contributed by atoms with E-state index in [1.165, 1.54) is 5.56 Å². The fourth-order valence-electron chi connectivity index (χ4n) is 2.91. The molecule has 2 atom stereocenters. The monoisotopic (exact) mass is 305 g/mol. The molecule has 1 heterocycles. The van der Waals surface area contributed by atoms with Gasteiger partial charge in [-0.3, -0.25) is 9.78 Å². The van der Waals surface area contributed by atoms with Crippen molar-refractivity contribution in [2.45, 2.75) is 25.3 Å². The number of pyridine rings is 1. The quantitative estimate of drug-likeness (QED) is 0.824. The van der Waals surface area contributed by atoms with Gasteiger partial charge in [-0.2, -0.15) is 5.26 Å². The first-order valence-corrected chi connectivity index (χ1v) is 7.90. The molecule has 1 aliphatic rings. The third kappa shape index (κ3) is 3.75. The summed E-state index contributed by atoms with van der Waals surface area (Å²) in [6, 6.07) is 18.0. The zero-order chi connectivity index (χ0) is 16.1. The lowest BCUT2D eigenvalue weighted by molar-refractivity contribution is -0.133. The van der Waals surface area contributed by atoms with Crippen LogP contribution >= 0.6 is 0 Å². The number of hydrogen-bond donors (Lipinski definition) is 0. The van der Waals surface area contributed by atoms with Gasteiger partial charge in [0.25, 0.3) is 0 Å². The Morgan fingerprint density at radius 3 is 2.70 bits per heavy atom. The Labute approximate surface area is 136 Å². The van der Waals surface area contributed by atoms with Crippen molar-refractivity contribution in [2.24, 2.45) is 5.92 Å². The predicted octanol–water partition coefficient (Wildman–Crippen LogP) is 3.13. The van der Waals surface area contributed by atoms with Crippen LogP contribution in [0.2, 0.25) is 0 Å². The molecule has 1 amide bonds. The normalized spacial score (nSPS) is 18.9. The van der Waals surface area contributed by atoms with Crippen molar-refractivity contribution in [3.63, 3.8) is 0 Å². The number of nitriles is 1. The van der Waals surface area contributed by atoms with Gasteiger partial charge >= 0.3 is 0 Å². The molecule has 4 nitrogen and oxygen atoms in total. The second kappa shape index (κ2) is 7.06. The van der Waals surface area contributed by atoms with E-state index < -0.39 is 0 Å². The van der Waals surface area contributed by atoms with E-state index in [4.69, 9.17) is 5.26 Å². The van der Waals surface area contributed by atoms with Crippen LogP contribution in [0.15, 0.2) is 54.7 Å². The van der Waals surface area contributed by atoms with E-state index in [1.54, 1.807) is 11.1 Å². The van der Waals surface area contributed by atoms with Crippen LogP contribution in [0, 0.1) is 17.2 Å². The van der Waals surface area contributed by atoms with E-state index in [0.717, 1.165) is 12.1 Å². The molecule has 1 aromatic heterocycles. The van der Waals surface area contributed by atoms with Gasteiger partial charge in [-0.15, -0.1) is 0 Å². The molecule has 0 spiro atoms. The third-order valence-corrected chi connectivity index (χ3v) is 4.22. The summed E-state index contributed by atoms with van der Waals surface area (Å²) in [5.74, 6) is 0.497. The summed E-state index contributed by atoms with van der Waals surface area (Å²) in [6.07, 6.45) is 2.97. The van der Waals surface area contributed by atoms with Gasteiger partial charge in [0, 0.05) is 18.7 Å². The smallest absolute Gasteiger partial charge is 0.226 e. The highest BCUT2D eigenvalue weighted by Crippen LogP contribution is 2.48. The summed E-state index contributed by atoms with van der Waals surface area (Å²) in [7, 11) is 0. The molecule has 3 rings (SSSR count). The van der Waals surface area contributed by atoms with Gasteiger partial charge in [-0.1, -0.05) is 36.4 Å². The van der Waals surface area contributed by atoms with E-state index >= 15 is 0 Å². The van der Waals surface area contributed by atoms with Gasteiger partial charge in [0.2, 0.25) is 5.91 Å². The molecule has 1 aromatic carbocycles. The minimum absolute atomic E-state index is 0.0415. The number of amides is 1. The first-order valence-electron chi connectivity index (χ1n) is 7.90. The average molecular weight is 305 g/mol. The van der Waals surface area contributed by atoms with Gasteiger partial charge in [0.15, 0.2) is 0 Å². The minimum Gasteiger partial charge on any atom is -0.336 e. The van der Waals surface area contributed by atoms with Crippen LogP contribution < -0.4 is 0 Å². The molecule has 0 aliphatic heterocycles. The lowest BCUT2D eigenvalue weighted by Gasteiger charge is -2.21. The number of carbonyl (C=O) groups excluding carboxylic acids is 1. The van der Waals surface area contributed by atoms with E-state index in [1.807, 2.05) is 36.4 Å². The van der Waals surface area contributed by atoms with Crippen LogP contribution in [0.1, 0.15) is 30.0 Å². The van der Waals surface area contributed by atoms with Crippen LogP contribution in [0.25, 0.3) is 0 Å². The maximum absolute atomic E-state index is 12.8. The summed E-state index contributed by atoms with van der Waals surface area (Å²) in [4.78, 5) is 18.9. The molecule has 2 aromatic rings. The highest BCUT2D eigenvalue weighted by atomic mass is 16.2. The molecule has 1 aliphatic carbocycles. The molecule has 0 bridgehead atoms. The fraction of sp³-hybridized carbons (Fsp3) is 0.316. The van der Waals surface area contributed by atoms with Crippen LogP contribution in [-0.2, 0) is 11.3 Å². The zero-order valence-electron chi connectivity index (χ0n) is 12.9. The molecule has 23 heavy (non-hydrogen) atoms. The van der Waals surface area contributed by atoms with E-state index in [-0.39, 0.29) is 11.8 Å². The number of hydrogen-bond acceptors (Lipinski definition) is 3. The maximum Gasteiger partial charge on any atom is 0.226 e. The molecular weight excluding hydrogens is 286 g/mol. The Morgan fingerprint density at radius 2 is 2.00 bits per heavy atom. The largest absolute Gasteiger partial charge is 0.336 e. The first kappa shape index (κ1) is 15.2. The van der Waals surface area contributed by atoms with Crippen molar-refractivity contribution in [1.29, 1.82) is 5.26 Å². The van der Waals surface area contributed by atoms with Crippen LogP contribution in [0.5, 0.6) is 0 Å². The summed E-state index contributed by atoms with van der Waals surface area (Å²) in [6.45, 7) is 0.934.